The summed E-state index contributed by atoms with van der Waals surface area (Å²) >= 11 is 2.93. The highest BCUT2D eigenvalue weighted by Crippen LogP contribution is 2.24. The van der Waals surface area contributed by atoms with Crippen molar-refractivity contribution in [2.24, 2.45) is 0 Å². The quantitative estimate of drug-likeness (QED) is 0.813. The van der Waals surface area contributed by atoms with Gasteiger partial charge in [-0.25, -0.2) is 13.1 Å². The molecule has 0 saturated heterocycles. The molecule has 2 N–H and O–H groups in total. The summed E-state index contributed by atoms with van der Waals surface area (Å²) < 4.78 is 27.6. The summed E-state index contributed by atoms with van der Waals surface area (Å²) in [6.07, 6.45) is 2.47. The largest absolute Gasteiger partial charge is 0.309 e. The van der Waals surface area contributed by atoms with E-state index >= 15 is 0 Å². The molecule has 1 aliphatic rings. The Hall–Kier alpha value is -0.730. The Labute approximate surface area is 133 Å². The van der Waals surface area contributed by atoms with Crippen molar-refractivity contribution in [1.82, 2.24) is 10.0 Å². The number of thiophene rings is 2. The van der Waals surface area contributed by atoms with E-state index < -0.39 is 10.0 Å². The molecular weight excluding hydrogens is 324 g/mol. The summed E-state index contributed by atoms with van der Waals surface area (Å²) in [5.41, 5.74) is 2.17. The SMILES string of the molecule is Cc1cscc1CNS(=O)(=O)c1ccc(CNC2CC2)s1. The zero-order valence-electron chi connectivity index (χ0n) is 11.8. The van der Waals surface area contributed by atoms with Gasteiger partial charge in [0.15, 0.2) is 0 Å². The van der Waals surface area contributed by atoms with E-state index in [0.717, 1.165) is 22.5 Å². The minimum absolute atomic E-state index is 0.352. The molecule has 1 saturated carbocycles. The summed E-state index contributed by atoms with van der Waals surface area (Å²) in [5, 5.41) is 7.40. The van der Waals surface area contributed by atoms with Gasteiger partial charge in [0.1, 0.15) is 4.21 Å². The molecule has 1 aliphatic carbocycles. The number of aryl methyl sites for hydroxylation is 1. The molecule has 21 heavy (non-hydrogen) atoms. The van der Waals surface area contributed by atoms with Crippen LogP contribution in [0.2, 0.25) is 0 Å². The van der Waals surface area contributed by atoms with Crippen LogP contribution in [0.1, 0.15) is 28.8 Å². The van der Waals surface area contributed by atoms with Crippen LogP contribution in [-0.4, -0.2) is 14.5 Å². The van der Waals surface area contributed by atoms with E-state index in [2.05, 4.69) is 10.0 Å². The van der Waals surface area contributed by atoms with Gasteiger partial charge in [-0.1, -0.05) is 0 Å². The van der Waals surface area contributed by atoms with E-state index in [1.165, 1.54) is 24.2 Å². The van der Waals surface area contributed by atoms with Gasteiger partial charge in [-0.05, 0) is 53.8 Å². The Morgan fingerprint density at radius 3 is 2.71 bits per heavy atom. The molecule has 2 aromatic rings. The molecular formula is C14H18N2O2S3. The monoisotopic (exact) mass is 342 g/mol. The molecule has 3 rings (SSSR count). The maximum absolute atomic E-state index is 12.3. The van der Waals surface area contributed by atoms with Crippen molar-refractivity contribution in [1.29, 1.82) is 0 Å². The van der Waals surface area contributed by atoms with Gasteiger partial charge in [0.2, 0.25) is 10.0 Å². The number of hydrogen-bond donors (Lipinski definition) is 2. The summed E-state index contributed by atoms with van der Waals surface area (Å²) in [7, 11) is -3.41. The van der Waals surface area contributed by atoms with Gasteiger partial charge in [-0.3, -0.25) is 0 Å². The summed E-state index contributed by atoms with van der Waals surface area (Å²) in [5.74, 6) is 0. The van der Waals surface area contributed by atoms with Crippen molar-refractivity contribution in [3.63, 3.8) is 0 Å². The van der Waals surface area contributed by atoms with Crippen LogP contribution in [0.15, 0.2) is 27.1 Å². The van der Waals surface area contributed by atoms with E-state index in [1.807, 2.05) is 23.8 Å². The smallest absolute Gasteiger partial charge is 0.250 e. The third kappa shape index (κ3) is 3.92. The first-order valence-corrected chi connectivity index (χ1v) is 10.1. The second-order valence-electron chi connectivity index (χ2n) is 5.28. The highest BCUT2D eigenvalue weighted by atomic mass is 32.2. The number of hydrogen-bond acceptors (Lipinski definition) is 5. The standard InChI is InChI=1S/C14H18N2O2S3/c1-10-8-19-9-11(10)6-16-21(17,18)14-5-4-13(20-14)7-15-12-2-3-12/h4-5,8-9,12,15-16H,2-3,6-7H2,1H3. The van der Waals surface area contributed by atoms with Crippen LogP contribution in [0.3, 0.4) is 0 Å². The normalized spacial score (nSPS) is 15.5. The molecule has 4 nitrogen and oxygen atoms in total. The van der Waals surface area contributed by atoms with Crippen molar-refractivity contribution in [2.75, 3.05) is 0 Å². The first-order valence-electron chi connectivity index (χ1n) is 6.88. The molecule has 0 unspecified atom stereocenters. The minimum atomic E-state index is -3.41. The lowest BCUT2D eigenvalue weighted by Crippen LogP contribution is -2.22. The van der Waals surface area contributed by atoms with E-state index in [0.29, 0.717) is 16.8 Å². The topological polar surface area (TPSA) is 58.2 Å². The minimum Gasteiger partial charge on any atom is -0.309 e. The van der Waals surface area contributed by atoms with Crippen LogP contribution in [0.4, 0.5) is 0 Å². The predicted octanol–water partition coefficient (Wildman–Crippen LogP) is 2.85. The molecule has 0 aliphatic heterocycles. The fraction of sp³-hybridized carbons (Fsp3) is 0.429. The lowest BCUT2D eigenvalue weighted by atomic mass is 10.2. The van der Waals surface area contributed by atoms with Crippen LogP contribution < -0.4 is 10.0 Å². The van der Waals surface area contributed by atoms with E-state index in [4.69, 9.17) is 0 Å². The van der Waals surface area contributed by atoms with Crippen molar-refractivity contribution in [3.8, 4) is 0 Å². The lowest BCUT2D eigenvalue weighted by Gasteiger charge is -2.04. The summed E-state index contributed by atoms with van der Waals surface area (Å²) in [6.45, 7) is 3.10. The third-order valence-electron chi connectivity index (χ3n) is 3.46. The first kappa shape index (κ1) is 15.2. The van der Waals surface area contributed by atoms with Gasteiger partial charge in [0.05, 0.1) is 0 Å². The van der Waals surface area contributed by atoms with Gasteiger partial charge in [0.25, 0.3) is 0 Å². The predicted molar refractivity (Wildman–Crippen MR) is 87.3 cm³/mol. The van der Waals surface area contributed by atoms with E-state index in [1.54, 1.807) is 17.4 Å². The van der Waals surface area contributed by atoms with Crippen LogP contribution in [0, 0.1) is 6.92 Å². The Balaban J connectivity index is 1.62. The Morgan fingerprint density at radius 1 is 1.24 bits per heavy atom. The zero-order chi connectivity index (χ0) is 14.9. The van der Waals surface area contributed by atoms with Crippen LogP contribution in [-0.2, 0) is 23.1 Å². The van der Waals surface area contributed by atoms with E-state index in [9.17, 15) is 8.42 Å². The molecule has 2 aromatic heterocycles. The summed E-state index contributed by atoms with van der Waals surface area (Å²) in [6, 6.07) is 4.22. The molecule has 0 radical (unpaired) electrons. The maximum Gasteiger partial charge on any atom is 0.250 e. The molecule has 0 atom stereocenters. The van der Waals surface area contributed by atoms with Crippen molar-refractivity contribution >= 4 is 32.7 Å². The number of nitrogens with one attached hydrogen (secondary N) is 2. The molecule has 0 amide bonds. The van der Waals surface area contributed by atoms with Gasteiger partial charge in [-0.2, -0.15) is 11.3 Å². The number of rotatable bonds is 7. The van der Waals surface area contributed by atoms with Crippen molar-refractivity contribution in [2.45, 2.75) is 43.1 Å². The van der Waals surface area contributed by atoms with Gasteiger partial charge >= 0.3 is 0 Å². The highest BCUT2D eigenvalue weighted by molar-refractivity contribution is 7.91. The van der Waals surface area contributed by atoms with Gasteiger partial charge in [0, 0.05) is 24.0 Å². The average molecular weight is 343 g/mol. The molecule has 0 aromatic carbocycles. The van der Waals surface area contributed by atoms with E-state index in [-0.39, 0.29) is 0 Å². The molecule has 2 heterocycles. The second-order valence-corrected chi connectivity index (χ2v) is 9.19. The lowest BCUT2D eigenvalue weighted by molar-refractivity contribution is 0.583. The maximum atomic E-state index is 12.3. The van der Waals surface area contributed by atoms with Crippen LogP contribution in [0.5, 0.6) is 0 Å². The fourth-order valence-electron chi connectivity index (χ4n) is 1.94. The van der Waals surface area contributed by atoms with Gasteiger partial charge in [-0.15, -0.1) is 11.3 Å². The third-order valence-corrected chi connectivity index (χ3v) is 7.35. The molecule has 0 bridgehead atoms. The molecule has 114 valence electrons. The average Bonchev–Trinajstić information content (AvgIpc) is 2.98. The molecule has 0 spiro atoms. The zero-order valence-corrected chi connectivity index (χ0v) is 14.2. The van der Waals surface area contributed by atoms with Crippen molar-refractivity contribution < 1.29 is 8.42 Å². The van der Waals surface area contributed by atoms with Crippen LogP contribution in [0.25, 0.3) is 0 Å². The summed E-state index contributed by atoms with van der Waals surface area (Å²) in [4.78, 5) is 1.06. The van der Waals surface area contributed by atoms with Crippen molar-refractivity contribution in [3.05, 3.63) is 38.9 Å². The number of sulfonamides is 1. The van der Waals surface area contributed by atoms with Gasteiger partial charge < -0.3 is 5.32 Å². The molecule has 7 heteroatoms. The Bertz CT molecular complexity index is 714. The highest BCUT2D eigenvalue weighted by Gasteiger charge is 2.21. The fourth-order valence-corrected chi connectivity index (χ4v) is 5.16. The first-order chi connectivity index (χ1) is 10.0. The van der Waals surface area contributed by atoms with Crippen LogP contribution >= 0.6 is 22.7 Å². The second kappa shape index (κ2) is 6.18. The molecule has 1 fully saturated rings. The Kier molecular flexibility index (Phi) is 4.46. The Morgan fingerprint density at radius 2 is 2.05 bits per heavy atom.